The van der Waals surface area contributed by atoms with Gasteiger partial charge in [0.05, 0.1) is 11.4 Å². The van der Waals surface area contributed by atoms with Crippen molar-refractivity contribution in [2.45, 2.75) is 20.4 Å². The van der Waals surface area contributed by atoms with Crippen molar-refractivity contribution in [2.75, 3.05) is 12.4 Å². The van der Waals surface area contributed by atoms with E-state index in [4.69, 9.17) is 4.74 Å². The largest absolute Gasteiger partial charge is 0.492 e. The van der Waals surface area contributed by atoms with Crippen LogP contribution in [-0.2, 0) is 16.6 Å². The maximum atomic E-state index is 12.9. The van der Waals surface area contributed by atoms with Crippen LogP contribution in [0.5, 0.6) is 5.75 Å². The predicted octanol–water partition coefficient (Wildman–Crippen LogP) is 4.06. The number of hydrogen-bond donors (Lipinski definition) is 1. The molecule has 0 fully saturated rings. The van der Waals surface area contributed by atoms with Crippen molar-refractivity contribution in [3.8, 4) is 16.3 Å². The number of aryl methyl sites for hydroxylation is 2. The average molecular weight is 421 g/mol. The summed E-state index contributed by atoms with van der Waals surface area (Å²) in [7, 11) is -3.51. The molecule has 5 nitrogen and oxygen atoms in total. The highest BCUT2D eigenvalue weighted by Gasteiger charge is 2.15. The number of thiazole rings is 1. The van der Waals surface area contributed by atoms with Crippen LogP contribution in [0.2, 0.25) is 0 Å². The molecule has 0 unspecified atom stereocenters. The molecule has 3 rings (SSSR count). The Morgan fingerprint density at radius 3 is 2.54 bits per heavy atom. The van der Waals surface area contributed by atoms with Crippen LogP contribution in [0.3, 0.4) is 0 Å². The highest BCUT2D eigenvalue weighted by molar-refractivity contribution is 7.89. The number of hydrogen-bond acceptors (Lipinski definition) is 5. The zero-order valence-electron chi connectivity index (χ0n) is 15.6. The van der Waals surface area contributed by atoms with Gasteiger partial charge < -0.3 is 4.74 Å². The molecule has 0 aliphatic heterocycles. The van der Waals surface area contributed by atoms with E-state index < -0.39 is 10.0 Å². The summed E-state index contributed by atoms with van der Waals surface area (Å²) in [5, 5.41) is 0.879. The quantitative estimate of drug-likeness (QED) is 0.597. The minimum atomic E-state index is -3.51. The third-order valence-corrected chi connectivity index (χ3v) is 6.63. The lowest BCUT2D eigenvalue weighted by atomic mass is 10.1. The summed E-state index contributed by atoms with van der Waals surface area (Å²) in [5.74, 6) is -0.128. The summed E-state index contributed by atoms with van der Waals surface area (Å²) in [6.07, 6.45) is 0. The molecule has 0 atom stereocenters. The Balaban J connectivity index is 1.57. The highest BCUT2D eigenvalue weighted by atomic mass is 32.2. The summed E-state index contributed by atoms with van der Waals surface area (Å²) in [6, 6.07) is 13.4. The summed E-state index contributed by atoms with van der Waals surface area (Å²) in [4.78, 5) is 5.46. The van der Waals surface area contributed by atoms with Gasteiger partial charge in [0, 0.05) is 17.0 Å². The third kappa shape index (κ3) is 5.37. The lowest BCUT2D eigenvalue weighted by Gasteiger charge is -2.08. The normalized spacial score (nSPS) is 11.5. The van der Waals surface area contributed by atoms with Gasteiger partial charge in [-0.05, 0) is 43.7 Å². The van der Waals surface area contributed by atoms with Crippen molar-refractivity contribution in [1.29, 1.82) is 0 Å². The molecule has 2 aromatic carbocycles. The maximum absolute atomic E-state index is 12.9. The van der Waals surface area contributed by atoms with E-state index >= 15 is 0 Å². The van der Waals surface area contributed by atoms with Gasteiger partial charge >= 0.3 is 0 Å². The van der Waals surface area contributed by atoms with Crippen molar-refractivity contribution >= 4 is 21.4 Å². The van der Waals surface area contributed by atoms with Crippen LogP contribution in [0.15, 0.2) is 48.5 Å². The molecule has 0 spiro atoms. The van der Waals surface area contributed by atoms with Crippen LogP contribution in [0.1, 0.15) is 16.1 Å². The standard InChI is InChI=1S/C20H21FN2O3S2/c1-14-5-3-4-6-18(14)20-23-15(2)19(27-20)13-22-28(24,25)12-11-26-17-9-7-16(21)8-10-17/h3-10,22H,11-13H2,1-2H3. The van der Waals surface area contributed by atoms with E-state index in [0.29, 0.717) is 5.75 Å². The van der Waals surface area contributed by atoms with Gasteiger partial charge in [0.1, 0.15) is 23.2 Å². The fourth-order valence-electron chi connectivity index (χ4n) is 2.57. The average Bonchev–Trinajstić information content (AvgIpc) is 3.03. The second-order valence-corrected chi connectivity index (χ2v) is 9.29. The van der Waals surface area contributed by atoms with Crippen LogP contribution < -0.4 is 9.46 Å². The Kier molecular flexibility index (Phi) is 6.43. The molecule has 8 heteroatoms. The Bertz CT molecular complexity index is 1050. The molecule has 0 saturated heterocycles. The maximum Gasteiger partial charge on any atom is 0.215 e. The molecule has 0 amide bonds. The number of rotatable bonds is 8. The Morgan fingerprint density at radius 1 is 1.11 bits per heavy atom. The first-order valence-electron chi connectivity index (χ1n) is 8.72. The molecule has 1 aromatic heterocycles. The van der Waals surface area contributed by atoms with Crippen molar-refractivity contribution in [2.24, 2.45) is 0 Å². The van der Waals surface area contributed by atoms with Gasteiger partial charge in [-0.25, -0.2) is 22.5 Å². The Morgan fingerprint density at radius 2 is 1.82 bits per heavy atom. The van der Waals surface area contributed by atoms with Crippen LogP contribution in [0, 0.1) is 19.7 Å². The summed E-state index contributed by atoms with van der Waals surface area (Å²) < 4.78 is 45.3. The molecule has 0 saturated carbocycles. The van der Waals surface area contributed by atoms with Crippen molar-refractivity contribution in [3.63, 3.8) is 0 Å². The highest BCUT2D eigenvalue weighted by Crippen LogP contribution is 2.30. The van der Waals surface area contributed by atoms with Gasteiger partial charge in [-0.15, -0.1) is 11.3 Å². The predicted molar refractivity (Wildman–Crippen MR) is 110 cm³/mol. The summed E-state index contributed by atoms with van der Waals surface area (Å²) >= 11 is 1.48. The number of nitrogens with zero attached hydrogens (tertiary/aromatic N) is 1. The molecule has 0 radical (unpaired) electrons. The number of sulfonamides is 1. The van der Waals surface area contributed by atoms with Gasteiger partial charge in [-0.2, -0.15) is 0 Å². The lowest BCUT2D eigenvalue weighted by molar-refractivity contribution is 0.339. The third-order valence-electron chi connectivity index (χ3n) is 4.16. The van der Waals surface area contributed by atoms with E-state index in [2.05, 4.69) is 9.71 Å². The van der Waals surface area contributed by atoms with E-state index in [0.717, 1.165) is 26.7 Å². The van der Waals surface area contributed by atoms with Gasteiger partial charge in [0.25, 0.3) is 0 Å². The minimum absolute atomic E-state index is 0.0168. The summed E-state index contributed by atoms with van der Waals surface area (Å²) in [6.45, 7) is 4.07. The van der Waals surface area contributed by atoms with E-state index in [-0.39, 0.29) is 24.7 Å². The zero-order chi connectivity index (χ0) is 20.1. The molecular weight excluding hydrogens is 399 g/mol. The second kappa shape index (κ2) is 8.81. The van der Waals surface area contributed by atoms with Crippen molar-refractivity contribution in [1.82, 2.24) is 9.71 Å². The molecule has 28 heavy (non-hydrogen) atoms. The smallest absolute Gasteiger partial charge is 0.215 e. The molecule has 1 heterocycles. The molecule has 0 aliphatic rings. The number of ether oxygens (including phenoxy) is 1. The van der Waals surface area contributed by atoms with Crippen LogP contribution in [0.4, 0.5) is 4.39 Å². The first kappa shape index (κ1) is 20.4. The van der Waals surface area contributed by atoms with Crippen LogP contribution in [-0.4, -0.2) is 25.8 Å². The molecular formula is C20H21FN2O3S2. The van der Waals surface area contributed by atoms with Gasteiger partial charge in [-0.3, -0.25) is 0 Å². The minimum Gasteiger partial charge on any atom is -0.492 e. The van der Waals surface area contributed by atoms with E-state index in [1.807, 2.05) is 38.1 Å². The van der Waals surface area contributed by atoms with E-state index in [1.165, 1.54) is 35.6 Å². The van der Waals surface area contributed by atoms with Crippen molar-refractivity contribution < 1.29 is 17.5 Å². The monoisotopic (exact) mass is 420 g/mol. The lowest BCUT2D eigenvalue weighted by Crippen LogP contribution is -2.28. The first-order chi connectivity index (χ1) is 13.3. The second-order valence-electron chi connectivity index (χ2n) is 6.28. The fourth-order valence-corrected chi connectivity index (χ4v) is 4.56. The number of nitrogens with one attached hydrogen (secondary N) is 1. The Labute approximate surface area is 168 Å². The van der Waals surface area contributed by atoms with Crippen LogP contribution >= 0.6 is 11.3 Å². The molecule has 0 aliphatic carbocycles. The fraction of sp³-hybridized carbons (Fsp3) is 0.250. The SMILES string of the molecule is Cc1ccccc1-c1nc(C)c(CNS(=O)(=O)CCOc2ccc(F)cc2)s1. The van der Waals surface area contributed by atoms with Crippen LogP contribution in [0.25, 0.3) is 10.6 Å². The molecule has 3 aromatic rings. The van der Waals surface area contributed by atoms with Gasteiger partial charge in [0.2, 0.25) is 10.0 Å². The Hall–Kier alpha value is -2.29. The molecule has 148 valence electrons. The summed E-state index contributed by atoms with van der Waals surface area (Å²) in [5.41, 5.74) is 2.99. The van der Waals surface area contributed by atoms with E-state index in [1.54, 1.807) is 0 Å². The molecule has 0 bridgehead atoms. The van der Waals surface area contributed by atoms with Crippen molar-refractivity contribution in [3.05, 3.63) is 70.5 Å². The number of benzene rings is 2. The molecule has 1 N–H and O–H groups in total. The topological polar surface area (TPSA) is 68.3 Å². The first-order valence-corrected chi connectivity index (χ1v) is 11.2. The van der Waals surface area contributed by atoms with Gasteiger partial charge in [0.15, 0.2) is 0 Å². The number of aromatic nitrogens is 1. The van der Waals surface area contributed by atoms with E-state index in [9.17, 15) is 12.8 Å². The number of halogens is 1. The van der Waals surface area contributed by atoms with Gasteiger partial charge in [-0.1, -0.05) is 24.3 Å². The zero-order valence-corrected chi connectivity index (χ0v) is 17.2.